The average molecular weight is 389 g/mol. The van der Waals surface area contributed by atoms with Crippen molar-refractivity contribution in [1.82, 2.24) is 19.5 Å². The van der Waals surface area contributed by atoms with E-state index in [1.165, 1.54) is 0 Å². The molecule has 1 saturated heterocycles. The summed E-state index contributed by atoms with van der Waals surface area (Å²) in [6.07, 6.45) is 0.752. The standard InChI is InChI=1S/C12H13FN5O7P/c1-2-12(8(13)7(19)5(25-12)3-24-26(21,22)23)18-4-15-6-9(18)16-11(14)17-10(6)20/h1,4-5,7-8,19H,3H2,(H2,21,22,23)(H3,14,16,17,20)/t5-,7-,8-,12-/m1/s1. The minimum absolute atomic E-state index is 0.199. The molecule has 2 aromatic heterocycles. The van der Waals surface area contributed by atoms with Crippen LogP contribution in [-0.4, -0.2) is 59.4 Å². The lowest BCUT2D eigenvalue weighted by molar-refractivity contribution is -0.0896. The van der Waals surface area contributed by atoms with Crippen LogP contribution >= 0.6 is 7.82 Å². The number of nitrogen functional groups attached to an aromatic ring is 1. The number of hydrogen-bond acceptors (Lipinski definition) is 8. The van der Waals surface area contributed by atoms with Crippen molar-refractivity contribution >= 4 is 24.9 Å². The van der Waals surface area contributed by atoms with Gasteiger partial charge in [-0.25, -0.2) is 13.9 Å². The number of aliphatic hydroxyl groups is 1. The maximum atomic E-state index is 14.8. The van der Waals surface area contributed by atoms with Crippen molar-refractivity contribution in [2.45, 2.75) is 24.1 Å². The van der Waals surface area contributed by atoms with Crippen LogP contribution in [0.2, 0.25) is 0 Å². The number of rotatable bonds is 4. The van der Waals surface area contributed by atoms with Gasteiger partial charge in [0.15, 0.2) is 17.3 Å². The minimum atomic E-state index is -4.89. The van der Waals surface area contributed by atoms with Gasteiger partial charge in [0.05, 0.1) is 6.61 Å². The van der Waals surface area contributed by atoms with Gasteiger partial charge >= 0.3 is 7.82 Å². The normalized spacial score (nSPS) is 29.1. The molecule has 2 aromatic rings. The lowest BCUT2D eigenvalue weighted by Gasteiger charge is -2.26. The number of fused-ring (bicyclic) bond motifs is 1. The number of halogens is 1. The van der Waals surface area contributed by atoms with E-state index < -0.39 is 44.1 Å². The summed E-state index contributed by atoms with van der Waals surface area (Å²) in [5, 5.41) is 10.0. The highest BCUT2D eigenvalue weighted by Crippen LogP contribution is 2.42. The number of imidazole rings is 1. The van der Waals surface area contributed by atoms with Gasteiger partial charge in [-0.2, -0.15) is 4.98 Å². The fourth-order valence-electron chi connectivity index (χ4n) is 2.63. The minimum Gasteiger partial charge on any atom is -0.387 e. The summed E-state index contributed by atoms with van der Waals surface area (Å²) in [5.41, 5.74) is 2.08. The van der Waals surface area contributed by atoms with Crippen LogP contribution in [0.3, 0.4) is 0 Å². The zero-order chi connectivity index (χ0) is 19.3. The molecule has 1 aliphatic rings. The number of H-pyrrole nitrogens is 1. The third-order valence-corrected chi connectivity index (χ3v) is 4.27. The highest BCUT2D eigenvalue weighted by Gasteiger charge is 2.57. The smallest absolute Gasteiger partial charge is 0.387 e. The van der Waals surface area contributed by atoms with Crippen molar-refractivity contribution < 1.29 is 33.1 Å². The van der Waals surface area contributed by atoms with E-state index in [1.54, 1.807) is 0 Å². The molecule has 1 aliphatic heterocycles. The van der Waals surface area contributed by atoms with Gasteiger partial charge in [-0.1, -0.05) is 0 Å². The van der Waals surface area contributed by atoms with E-state index in [-0.39, 0.29) is 17.1 Å². The first-order valence-electron chi connectivity index (χ1n) is 7.00. The molecule has 0 radical (unpaired) electrons. The van der Waals surface area contributed by atoms with Crippen LogP contribution in [0.1, 0.15) is 0 Å². The van der Waals surface area contributed by atoms with Gasteiger partial charge in [-0.15, -0.1) is 6.42 Å². The number of alkyl halides is 1. The Morgan fingerprint density at radius 1 is 1.62 bits per heavy atom. The molecule has 12 nitrogen and oxygen atoms in total. The summed E-state index contributed by atoms with van der Waals surface area (Å²) in [6, 6.07) is 0. The number of terminal acetylenes is 1. The molecular formula is C12H13FN5O7P. The van der Waals surface area contributed by atoms with E-state index in [0.29, 0.717) is 0 Å². The molecule has 0 saturated carbocycles. The monoisotopic (exact) mass is 389 g/mol. The number of nitrogens with zero attached hydrogens (tertiary/aromatic N) is 3. The number of hydrogen-bond donors (Lipinski definition) is 5. The van der Waals surface area contributed by atoms with Gasteiger partial charge in [0.25, 0.3) is 5.56 Å². The highest BCUT2D eigenvalue weighted by molar-refractivity contribution is 7.46. The van der Waals surface area contributed by atoms with Crippen molar-refractivity contribution in [3.8, 4) is 12.3 Å². The number of aliphatic hydroxyl groups excluding tert-OH is 1. The molecule has 0 spiro atoms. The Hall–Kier alpha value is -2.33. The first-order chi connectivity index (χ1) is 12.1. The summed E-state index contributed by atoms with van der Waals surface area (Å²) < 4.78 is 36.1. The molecule has 0 aromatic carbocycles. The van der Waals surface area contributed by atoms with Crippen LogP contribution in [0.15, 0.2) is 11.1 Å². The Morgan fingerprint density at radius 3 is 2.92 bits per heavy atom. The fraction of sp³-hybridized carbons (Fsp3) is 0.417. The van der Waals surface area contributed by atoms with Crippen molar-refractivity contribution in [2.75, 3.05) is 12.3 Å². The van der Waals surface area contributed by atoms with Gasteiger partial charge in [-0.3, -0.25) is 18.9 Å². The lowest BCUT2D eigenvalue weighted by atomic mass is 10.0. The van der Waals surface area contributed by atoms with Crippen LogP contribution in [0.4, 0.5) is 10.3 Å². The van der Waals surface area contributed by atoms with E-state index >= 15 is 0 Å². The van der Waals surface area contributed by atoms with Crippen LogP contribution in [0, 0.1) is 12.3 Å². The first kappa shape index (κ1) is 18.5. The largest absolute Gasteiger partial charge is 0.469 e. The summed E-state index contributed by atoms with van der Waals surface area (Å²) >= 11 is 0. The van der Waals surface area contributed by atoms with Gasteiger partial charge in [0.2, 0.25) is 11.7 Å². The van der Waals surface area contributed by atoms with Crippen molar-refractivity contribution in [3.05, 3.63) is 16.7 Å². The molecule has 3 heterocycles. The Labute approximate surface area is 144 Å². The van der Waals surface area contributed by atoms with Gasteiger partial charge < -0.3 is 25.4 Å². The quantitative estimate of drug-likeness (QED) is 0.295. The van der Waals surface area contributed by atoms with E-state index in [4.69, 9.17) is 26.7 Å². The van der Waals surface area contributed by atoms with Gasteiger partial charge in [0.1, 0.15) is 18.5 Å². The number of nitrogens with two attached hydrogens (primary N) is 1. The summed E-state index contributed by atoms with van der Waals surface area (Å²) in [6.45, 7) is -0.835. The number of ether oxygens (including phenoxy) is 1. The molecule has 0 bridgehead atoms. The molecule has 0 unspecified atom stereocenters. The van der Waals surface area contributed by atoms with Crippen LogP contribution in [0.25, 0.3) is 11.2 Å². The number of nitrogens with one attached hydrogen (secondary N) is 1. The van der Waals surface area contributed by atoms with Crippen molar-refractivity contribution in [3.63, 3.8) is 0 Å². The molecule has 26 heavy (non-hydrogen) atoms. The van der Waals surface area contributed by atoms with E-state index in [2.05, 4.69) is 19.5 Å². The number of phosphoric acid groups is 1. The third-order valence-electron chi connectivity index (χ3n) is 3.78. The van der Waals surface area contributed by atoms with E-state index in [9.17, 15) is 18.9 Å². The van der Waals surface area contributed by atoms with Crippen LogP contribution in [0.5, 0.6) is 0 Å². The predicted octanol–water partition coefficient (Wildman–Crippen LogP) is -1.81. The summed E-state index contributed by atoms with van der Waals surface area (Å²) in [5.74, 6) is 1.76. The van der Waals surface area contributed by atoms with Crippen LogP contribution in [-0.2, 0) is 19.6 Å². The topological polar surface area (TPSA) is 186 Å². The zero-order valence-electron chi connectivity index (χ0n) is 12.8. The number of aromatic amines is 1. The lowest BCUT2D eigenvalue weighted by Crippen LogP contribution is -2.41. The first-order valence-corrected chi connectivity index (χ1v) is 8.53. The highest BCUT2D eigenvalue weighted by atomic mass is 31.2. The van der Waals surface area contributed by atoms with Gasteiger partial charge in [-0.05, 0) is 5.92 Å². The second-order valence-corrected chi connectivity index (χ2v) is 6.65. The fourth-order valence-corrected chi connectivity index (χ4v) is 2.97. The Morgan fingerprint density at radius 2 is 2.31 bits per heavy atom. The average Bonchev–Trinajstić information content (AvgIpc) is 3.07. The zero-order valence-corrected chi connectivity index (χ0v) is 13.7. The molecule has 0 aliphatic carbocycles. The molecular weight excluding hydrogens is 376 g/mol. The Kier molecular flexibility index (Phi) is 4.35. The Balaban J connectivity index is 2.06. The second-order valence-electron chi connectivity index (χ2n) is 5.41. The predicted molar refractivity (Wildman–Crippen MR) is 83.1 cm³/mol. The number of phosphoric ester groups is 1. The SMILES string of the molecule is C#C[C@@]1(n2cnc3c(=O)[nH]c(N)nc32)O[C@H](COP(=O)(O)O)[C@@H](O)[C@H]1F. The molecule has 1 fully saturated rings. The number of aromatic nitrogens is 4. The van der Waals surface area contributed by atoms with Crippen LogP contribution < -0.4 is 11.3 Å². The second kappa shape index (κ2) is 6.13. The van der Waals surface area contributed by atoms with Crippen molar-refractivity contribution in [1.29, 1.82) is 0 Å². The summed E-state index contributed by atoms with van der Waals surface area (Å²) in [4.78, 5) is 39.2. The molecule has 140 valence electrons. The molecule has 4 atom stereocenters. The molecule has 6 N–H and O–H groups in total. The van der Waals surface area contributed by atoms with Gasteiger partial charge in [0, 0.05) is 0 Å². The van der Waals surface area contributed by atoms with E-state index in [0.717, 1.165) is 10.9 Å². The molecule has 0 amide bonds. The maximum absolute atomic E-state index is 14.8. The Bertz CT molecular complexity index is 996. The molecule has 3 rings (SSSR count). The van der Waals surface area contributed by atoms with Crippen molar-refractivity contribution in [2.24, 2.45) is 0 Å². The maximum Gasteiger partial charge on any atom is 0.469 e. The van der Waals surface area contributed by atoms with E-state index in [1.807, 2.05) is 5.92 Å². The summed E-state index contributed by atoms with van der Waals surface area (Å²) in [7, 11) is -4.89. The number of anilines is 1. The third kappa shape index (κ3) is 2.88. The molecule has 14 heteroatoms.